The first kappa shape index (κ1) is 16.9. The Kier molecular flexibility index (Phi) is 6.28. The molecule has 0 aromatic heterocycles. The summed E-state index contributed by atoms with van der Waals surface area (Å²) in [6.45, 7) is 6.89. The molecule has 0 bridgehead atoms. The van der Waals surface area contributed by atoms with E-state index in [0.29, 0.717) is 13.0 Å². The van der Waals surface area contributed by atoms with E-state index in [4.69, 9.17) is 19.7 Å². The summed E-state index contributed by atoms with van der Waals surface area (Å²) in [6.07, 6.45) is 0.409. The molecule has 0 amide bonds. The second-order valence-corrected chi connectivity index (χ2v) is 5.37. The fraction of sp³-hybridized carbons (Fsp3) is 0.833. The van der Waals surface area contributed by atoms with Crippen LogP contribution in [0.3, 0.4) is 0 Å². The number of ether oxygens (including phenoxy) is 2. The Labute approximate surface area is 107 Å². The van der Waals surface area contributed by atoms with E-state index in [1.807, 2.05) is 0 Å². The smallest absolute Gasteiger partial charge is 0.329 e. The lowest BCUT2D eigenvalue weighted by molar-refractivity contribution is -0.152. The van der Waals surface area contributed by atoms with Gasteiger partial charge in [0.2, 0.25) is 0 Å². The first-order valence-electron chi connectivity index (χ1n) is 5.76. The van der Waals surface area contributed by atoms with Gasteiger partial charge in [-0.05, 0) is 34.1 Å². The summed E-state index contributed by atoms with van der Waals surface area (Å²) in [6, 6.07) is 0. The molecule has 0 aliphatic rings. The molecule has 0 heterocycles. The number of carboxylic acid groups (broad SMARTS) is 2. The van der Waals surface area contributed by atoms with Crippen molar-refractivity contribution in [1.29, 1.82) is 0 Å². The lowest BCUT2D eigenvalue weighted by atomic mass is 10.0. The fourth-order valence-corrected chi connectivity index (χ4v) is 1.32. The molecular formula is C12H22O6. The standard InChI is InChI=1S/C12H22O6/c1-11(2,18-8-10(15)16)5-6-17-12(3,4)7-9(13)14/h5-8H2,1-4H3,(H,13,14)(H,15,16). The molecule has 2 N–H and O–H groups in total. The van der Waals surface area contributed by atoms with Crippen LogP contribution in [-0.4, -0.2) is 46.6 Å². The maximum atomic E-state index is 10.6. The highest BCUT2D eigenvalue weighted by molar-refractivity contribution is 5.68. The summed E-state index contributed by atoms with van der Waals surface area (Å²) in [4.78, 5) is 21.0. The van der Waals surface area contributed by atoms with E-state index in [2.05, 4.69) is 0 Å². The third-order valence-corrected chi connectivity index (χ3v) is 2.36. The Balaban J connectivity index is 4.01. The van der Waals surface area contributed by atoms with E-state index in [-0.39, 0.29) is 13.0 Å². The van der Waals surface area contributed by atoms with E-state index in [9.17, 15) is 9.59 Å². The highest BCUT2D eigenvalue weighted by Gasteiger charge is 2.25. The predicted octanol–water partition coefficient (Wildman–Crippen LogP) is 1.53. The van der Waals surface area contributed by atoms with Crippen molar-refractivity contribution >= 4 is 11.9 Å². The second kappa shape index (κ2) is 6.70. The van der Waals surface area contributed by atoms with Crippen molar-refractivity contribution in [2.45, 2.75) is 51.7 Å². The van der Waals surface area contributed by atoms with E-state index < -0.39 is 23.1 Å². The summed E-state index contributed by atoms with van der Waals surface area (Å²) in [5.74, 6) is -1.93. The van der Waals surface area contributed by atoms with Gasteiger partial charge in [0.1, 0.15) is 6.61 Å². The molecule has 6 heteroatoms. The molecule has 0 rings (SSSR count). The quantitative estimate of drug-likeness (QED) is 0.654. The molecule has 0 aromatic rings. The van der Waals surface area contributed by atoms with Crippen LogP contribution in [0.15, 0.2) is 0 Å². The van der Waals surface area contributed by atoms with Gasteiger partial charge in [0.05, 0.1) is 24.2 Å². The minimum absolute atomic E-state index is 0.0799. The molecule has 0 aromatic carbocycles. The minimum Gasteiger partial charge on any atom is -0.481 e. The Hall–Kier alpha value is -1.14. The molecule has 0 unspecified atom stereocenters. The van der Waals surface area contributed by atoms with Gasteiger partial charge in [0.15, 0.2) is 0 Å². The van der Waals surface area contributed by atoms with Crippen LogP contribution in [0.1, 0.15) is 40.5 Å². The minimum atomic E-state index is -1.02. The molecule has 0 spiro atoms. The van der Waals surface area contributed by atoms with Crippen molar-refractivity contribution in [1.82, 2.24) is 0 Å². The molecule has 0 saturated heterocycles. The first-order valence-corrected chi connectivity index (χ1v) is 5.76. The number of rotatable bonds is 9. The average Bonchev–Trinajstić information content (AvgIpc) is 2.12. The van der Waals surface area contributed by atoms with Crippen molar-refractivity contribution < 1.29 is 29.3 Å². The van der Waals surface area contributed by atoms with Gasteiger partial charge in [0.25, 0.3) is 0 Å². The summed E-state index contributed by atoms with van der Waals surface area (Å²) < 4.78 is 10.7. The number of hydrogen-bond donors (Lipinski definition) is 2. The zero-order valence-electron chi connectivity index (χ0n) is 11.4. The maximum Gasteiger partial charge on any atom is 0.329 e. The van der Waals surface area contributed by atoms with E-state index >= 15 is 0 Å². The Bertz CT molecular complexity index is 295. The molecule has 18 heavy (non-hydrogen) atoms. The van der Waals surface area contributed by atoms with Crippen LogP contribution in [0.5, 0.6) is 0 Å². The highest BCUT2D eigenvalue weighted by Crippen LogP contribution is 2.19. The number of aliphatic carboxylic acids is 2. The Morgan fingerprint density at radius 2 is 1.50 bits per heavy atom. The Morgan fingerprint density at radius 3 is 1.94 bits per heavy atom. The third kappa shape index (κ3) is 8.95. The van der Waals surface area contributed by atoms with Crippen molar-refractivity contribution in [2.24, 2.45) is 0 Å². The van der Waals surface area contributed by atoms with Crippen molar-refractivity contribution in [3.8, 4) is 0 Å². The zero-order chi connectivity index (χ0) is 14.4. The topological polar surface area (TPSA) is 93.1 Å². The maximum absolute atomic E-state index is 10.6. The monoisotopic (exact) mass is 262 g/mol. The lowest BCUT2D eigenvalue weighted by Gasteiger charge is -2.28. The third-order valence-electron chi connectivity index (χ3n) is 2.36. The Morgan fingerprint density at radius 1 is 0.944 bits per heavy atom. The van der Waals surface area contributed by atoms with Gasteiger partial charge in [-0.2, -0.15) is 0 Å². The molecule has 106 valence electrons. The molecule has 0 radical (unpaired) electrons. The van der Waals surface area contributed by atoms with Gasteiger partial charge in [0, 0.05) is 0 Å². The van der Waals surface area contributed by atoms with Gasteiger partial charge in [-0.1, -0.05) is 0 Å². The summed E-state index contributed by atoms with van der Waals surface area (Å²) in [7, 11) is 0. The van der Waals surface area contributed by atoms with Gasteiger partial charge >= 0.3 is 11.9 Å². The van der Waals surface area contributed by atoms with Crippen LogP contribution in [0.2, 0.25) is 0 Å². The van der Waals surface area contributed by atoms with Crippen LogP contribution in [0.25, 0.3) is 0 Å². The van der Waals surface area contributed by atoms with Gasteiger partial charge in [-0.3, -0.25) is 4.79 Å². The van der Waals surface area contributed by atoms with Crippen LogP contribution in [0, 0.1) is 0 Å². The molecule has 6 nitrogen and oxygen atoms in total. The van der Waals surface area contributed by atoms with Crippen molar-refractivity contribution in [3.63, 3.8) is 0 Å². The van der Waals surface area contributed by atoms with E-state index in [0.717, 1.165) is 0 Å². The van der Waals surface area contributed by atoms with Gasteiger partial charge < -0.3 is 19.7 Å². The normalized spacial score (nSPS) is 12.4. The van der Waals surface area contributed by atoms with Crippen molar-refractivity contribution in [3.05, 3.63) is 0 Å². The molecule has 0 fully saturated rings. The molecular weight excluding hydrogens is 240 g/mol. The lowest BCUT2D eigenvalue weighted by Crippen LogP contribution is -2.33. The van der Waals surface area contributed by atoms with Crippen LogP contribution < -0.4 is 0 Å². The van der Waals surface area contributed by atoms with Crippen LogP contribution in [0.4, 0.5) is 0 Å². The number of carboxylic acids is 2. The molecule has 0 saturated carbocycles. The van der Waals surface area contributed by atoms with Gasteiger partial charge in [-0.25, -0.2) is 4.79 Å². The highest BCUT2D eigenvalue weighted by atomic mass is 16.5. The largest absolute Gasteiger partial charge is 0.481 e. The molecule has 0 aliphatic heterocycles. The summed E-state index contributed by atoms with van der Waals surface area (Å²) >= 11 is 0. The second-order valence-electron chi connectivity index (χ2n) is 5.37. The SMILES string of the molecule is CC(C)(CCOC(C)(C)CC(=O)O)OCC(=O)O. The van der Waals surface area contributed by atoms with Crippen molar-refractivity contribution in [2.75, 3.05) is 13.2 Å². The van der Waals surface area contributed by atoms with Gasteiger partial charge in [-0.15, -0.1) is 0 Å². The number of hydrogen-bond acceptors (Lipinski definition) is 4. The molecule has 0 atom stereocenters. The van der Waals surface area contributed by atoms with Crippen LogP contribution >= 0.6 is 0 Å². The summed E-state index contributed by atoms with van der Waals surface area (Å²) in [5.41, 5.74) is -1.35. The average molecular weight is 262 g/mol. The number of carbonyl (C=O) groups is 2. The fourth-order valence-electron chi connectivity index (χ4n) is 1.32. The predicted molar refractivity (Wildman–Crippen MR) is 64.6 cm³/mol. The van der Waals surface area contributed by atoms with E-state index in [1.54, 1.807) is 27.7 Å². The first-order chi connectivity index (χ1) is 8.04. The zero-order valence-corrected chi connectivity index (χ0v) is 11.4. The van der Waals surface area contributed by atoms with Crippen LogP contribution in [-0.2, 0) is 19.1 Å². The summed E-state index contributed by atoms with van der Waals surface area (Å²) in [5, 5.41) is 17.2. The molecule has 0 aliphatic carbocycles. The van der Waals surface area contributed by atoms with E-state index in [1.165, 1.54) is 0 Å².